The number of thioether (sulfide) groups is 1. The van der Waals surface area contributed by atoms with Crippen LogP contribution in [0, 0.1) is 13.8 Å². The number of hydrogen-bond donors (Lipinski definition) is 1. The van der Waals surface area contributed by atoms with Gasteiger partial charge in [0, 0.05) is 21.2 Å². The topological polar surface area (TPSA) is 68.0 Å². The van der Waals surface area contributed by atoms with E-state index in [4.69, 9.17) is 16.1 Å². The summed E-state index contributed by atoms with van der Waals surface area (Å²) in [7, 11) is 0. The van der Waals surface area contributed by atoms with Crippen LogP contribution >= 0.6 is 23.4 Å². The Hall–Kier alpha value is -2.31. The zero-order valence-electron chi connectivity index (χ0n) is 13.7. The van der Waals surface area contributed by atoms with Crippen LogP contribution in [-0.2, 0) is 5.75 Å². The quantitative estimate of drug-likeness (QED) is 0.645. The minimum atomic E-state index is -0.158. The molecule has 0 saturated heterocycles. The van der Waals surface area contributed by atoms with Crippen LogP contribution in [0.2, 0.25) is 5.02 Å². The van der Waals surface area contributed by atoms with E-state index >= 15 is 0 Å². The second-order valence-electron chi connectivity index (χ2n) is 5.46. The van der Waals surface area contributed by atoms with Crippen molar-refractivity contribution < 1.29 is 9.32 Å². The molecule has 0 aliphatic heterocycles. The van der Waals surface area contributed by atoms with E-state index in [1.165, 1.54) is 0 Å². The van der Waals surface area contributed by atoms with Crippen LogP contribution in [0.3, 0.4) is 0 Å². The Labute approximate surface area is 154 Å². The molecular weight excluding hydrogens is 358 g/mol. The molecule has 1 amide bonds. The molecule has 0 saturated carbocycles. The summed E-state index contributed by atoms with van der Waals surface area (Å²) in [5.74, 6) is 1.65. The van der Waals surface area contributed by atoms with Gasteiger partial charge in [0.05, 0.1) is 5.75 Å². The smallest absolute Gasteiger partial charge is 0.255 e. The number of anilines is 1. The van der Waals surface area contributed by atoms with Crippen molar-refractivity contribution in [2.75, 3.05) is 5.32 Å². The van der Waals surface area contributed by atoms with Crippen LogP contribution in [0.5, 0.6) is 0 Å². The van der Waals surface area contributed by atoms with Crippen LogP contribution in [0.15, 0.2) is 51.9 Å². The largest absolute Gasteiger partial charge is 0.338 e. The Morgan fingerprint density at radius 1 is 1.20 bits per heavy atom. The average molecular weight is 374 g/mol. The highest BCUT2D eigenvalue weighted by molar-refractivity contribution is 7.98. The molecule has 1 aromatic heterocycles. The Bertz CT molecular complexity index is 894. The third kappa shape index (κ3) is 4.61. The second kappa shape index (κ2) is 7.72. The fraction of sp³-hybridized carbons (Fsp3) is 0.167. The molecule has 0 aliphatic rings. The maximum atomic E-state index is 12.4. The van der Waals surface area contributed by atoms with Crippen molar-refractivity contribution >= 4 is 35.0 Å². The van der Waals surface area contributed by atoms with Crippen molar-refractivity contribution in [3.63, 3.8) is 0 Å². The molecule has 0 spiro atoms. The fourth-order valence-electron chi connectivity index (χ4n) is 2.21. The van der Waals surface area contributed by atoms with Crippen molar-refractivity contribution in [3.8, 4) is 0 Å². The molecule has 25 heavy (non-hydrogen) atoms. The lowest BCUT2D eigenvalue weighted by atomic mass is 10.1. The van der Waals surface area contributed by atoms with E-state index in [1.54, 1.807) is 43.0 Å². The van der Waals surface area contributed by atoms with Crippen molar-refractivity contribution in [3.05, 3.63) is 70.3 Å². The van der Waals surface area contributed by atoms with Gasteiger partial charge in [-0.1, -0.05) is 16.8 Å². The molecule has 0 unspecified atom stereocenters. The second-order valence-corrected chi connectivity index (χ2v) is 6.95. The Kier molecular flexibility index (Phi) is 5.40. The van der Waals surface area contributed by atoms with Gasteiger partial charge in [-0.2, -0.15) is 4.98 Å². The van der Waals surface area contributed by atoms with Gasteiger partial charge in [-0.25, -0.2) is 0 Å². The number of carbonyl (C=O) groups excluding carboxylic acids is 1. The van der Waals surface area contributed by atoms with Gasteiger partial charge in [0.2, 0.25) is 5.89 Å². The van der Waals surface area contributed by atoms with Gasteiger partial charge >= 0.3 is 0 Å². The first kappa shape index (κ1) is 17.5. The molecule has 5 nitrogen and oxygen atoms in total. The Balaban J connectivity index is 1.62. The van der Waals surface area contributed by atoms with E-state index in [2.05, 4.69) is 15.5 Å². The van der Waals surface area contributed by atoms with Gasteiger partial charge in [0.1, 0.15) is 0 Å². The van der Waals surface area contributed by atoms with Crippen LogP contribution in [0.25, 0.3) is 0 Å². The summed E-state index contributed by atoms with van der Waals surface area (Å²) >= 11 is 7.51. The Morgan fingerprint density at radius 3 is 2.60 bits per heavy atom. The number of nitrogens with one attached hydrogen (secondary N) is 1. The minimum Gasteiger partial charge on any atom is -0.338 e. The highest BCUT2D eigenvalue weighted by Crippen LogP contribution is 2.23. The SMILES string of the molecule is Cc1noc(CSc2ccc(C(=O)Nc3ccc(Cl)cc3C)cc2)n1. The van der Waals surface area contributed by atoms with E-state index in [1.807, 2.05) is 25.1 Å². The number of hydrogen-bond acceptors (Lipinski definition) is 5. The lowest BCUT2D eigenvalue weighted by Crippen LogP contribution is -2.12. The monoisotopic (exact) mass is 373 g/mol. The molecule has 0 atom stereocenters. The van der Waals surface area contributed by atoms with Crippen LogP contribution in [-0.4, -0.2) is 16.0 Å². The molecule has 0 radical (unpaired) electrons. The number of carbonyl (C=O) groups is 1. The predicted octanol–water partition coefficient (Wildman–Crippen LogP) is 4.88. The highest BCUT2D eigenvalue weighted by atomic mass is 35.5. The maximum Gasteiger partial charge on any atom is 0.255 e. The Morgan fingerprint density at radius 2 is 1.96 bits per heavy atom. The van der Waals surface area contributed by atoms with Crippen molar-refractivity contribution in [2.24, 2.45) is 0 Å². The number of rotatable bonds is 5. The van der Waals surface area contributed by atoms with Gasteiger partial charge in [-0.05, 0) is 61.9 Å². The van der Waals surface area contributed by atoms with Gasteiger partial charge in [0.15, 0.2) is 5.82 Å². The van der Waals surface area contributed by atoms with Gasteiger partial charge < -0.3 is 9.84 Å². The number of benzene rings is 2. The average Bonchev–Trinajstić information content (AvgIpc) is 3.01. The molecule has 2 aromatic carbocycles. The van der Waals surface area contributed by atoms with E-state index in [0.717, 1.165) is 16.1 Å². The molecular formula is C18H16ClN3O2S. The van der Waals surface area contributed by atoms with Gasteiger partial charge in [-0.15, -0.1) is 11.8 Å². The molecule has 0 aliphatic carbocycles. The maximum absolute atomic E-state index is 12.4. The van der Waals surface area contributed by atoms with Crippen molar-refractivity contribution in [1.82, 2.24) is 10.1 Å². The number of amides is 1. The summed E-state index contributed by atoms with van der Waals surface area (Å²) in [4.78, 5) is 17.5. The molecule has 1 heterocycles. The van der Waals surface area contributed by atoms with Crippen LogP contribution < -0.4 is 5.32 Å². The number of halogens is 1. The summed E-state index contributed by atoms with van der Waals surface area (Å²) in [5.41, 5.74) is 2.26. The zero-order valence-corrected chi connectivity index (χ0v) is 15.3. The first-order valence-corrected chi connectivity index (χ1v) is 8.97. The number of nitrogens with zero attached hydrogens (tertiary/aromatic N) is 2. The standard InChI is InChI=1S/C18H16ClN3O2S/c1-11-9-14(19)5-8-16(11)21-18(23)13-3-6-15(7-4-13)25-10-17-20-12(2)22-24-17/h3-9H,10H2,1-2H3,(H,21,23). The van der Waals surface area contributed by atoms with E-state index < -0.39 is 0 Å². The molecule has 128 valence electrons. The van der Waals surface area contributed by atoms with E-state index in [-0.39, 0.29) is 5.91 Å². The number of aromatic nitrogens is 2. The lowest BCUT2D eigenvalue weighted by molar-refractivity contribution is 0.102. The van der Waals surface area contributed by atoms with E-state index in [9.17, 15) is 4.79 Å². The predicted molar refractivity (Wildman–Crippen MR) is 99.2 cm³/mol. The highest BCUT2D eigenvalue weighted by Gasteiger charge is 2.09. The first-order chi connectivity index (χ1) is 12.0. The summed E-state index contributed by atoms with van der Waals surface area (Å²) in [6.07, 6.45) is 0. The third-order valence-electron chi connectivity index (χ3n) is 3.49. The third-order valence-corrected chi connectivity index (χ3v) is 4.72. The molecule has 1 N–H and O–H groups in total. The molecule has 0 fully saturated rings. The lowest BCUT2D eigenvalue weighted by Gasteiger charge is -2.09. The first-order valence-electron chi connectivity index (χ1n) is 7.61. The molecule has 3 aromatic rings. The van der Waals surface area contributed by atoms with Crippen LogP contribution in [0.4, 0.5) is 5.69 Å². The zero-order chi connectivity index (χ0) is 17.8. The van der Waals surface area contributed by atoms with Gasteiger partial charge in [0.25, 0.3) is 5.91 Å². The van der Waals surface area contributed by atoms with E-state index in [0.29, 0.717) is 28.1 Å². The molecule has 7 heteroatoms. The van der Waals surface area contributed by atoms with Crippen LogP contribution in [0.1, 0.15) is 27.6 Å². The summed E-state index contributed by atoms with van der Waals surface area (Å²) in [5, 5.41) is 7.30. The number of aryl methyl sites for hydroxylation is 2. The summed E-state index contributed by atoms with van der Waals surface area (Å²) < 4.78 is 5.08. The van der Waals surface area contributed by atoms with Crippen molar-refractivity contribution in [1.29, 1.82) is 0 Å². The molecule has 0 bridgehead atoms. The van der Waals surface area contributed by atoms with Crippen molar-refractivity contribution in [2.45, 2.75) is 24.5 Å². The fourth-order valence-corrected chi connectivity index (χ4v) is 3.17. The normalized spacial score (nSPS) is 10.7. The molecule has 3 rings (SSSR count). The minimum absolute atomic E-state index is 0.158. The summed E-state index contributed by atoms with van der Waals surface area (Å²) in [6.45, 7) is 3.69. The van der Waals surface area contributed by atoms with Gasteiger partial charge in [-0.3, -0.25) is 4.79 Å². The summed E-state index contributed by atoms with van der Waals surface area (Å²) in [6, 6.07) is 12.8.